The first-order chi connectivity index (χ1) is 27.9. The van der Waals surface area contributed by atoms with E-state index in [4.69, 9.17) is 53.9 Å². The van der Waals surface area contributed by atoms with Crippen LogP contribution in [-0.4, -0.2) is 91.1 Å². The number of phenolic OH excluding ortho intramolecular Hbond substituents is 1. The third-order valence-corrected chi connectivity index (χ3v) is 8.39. The summed E-state index contributed by atoms with van der Waals surface area (Å²) in [7, 11) is 1.10. The number of carbonyl (C=O) groups excluding carboxylic acids is 1. The van der Waals surface area contributed by atoms with Crippen molar-refractivity contribution in [1.29, 1.82) is 0 Å². The first-order valence-corrected chi connectivity index (χ1v) is 18.8. The minimum Gasteiger partial charge on any atom is -1.00 e. The van der Waals surface area contributed by atoms with Crippen molar-refractivity contribution >= 4 is 39.6 Å². The van der Waals surface area contributed by atoms with Gasteiger partial charge in [-0.1, -0.05) is 80.2 Å². The van der Waals surface area contributed by atoms with Crippen LogP contribution in [0.4, 0.5) is 13.2 Å². The minimum absolute atomic E-state index is 0. The first-order valence-electron chi connectivity index (χ1n) is 16.9. The quantitative estimate of drug-likeness (QED) is 0.0292. The summed E-state index contributed by atoms with van der Waals surface area (Å²) in [6.45, 7) is 4.15. The number of alkyl halides is 4. The van der Waals surface area contributed by atoms with E-state index < -0.39 is 15.6 Å². The number of nitrogens with zero attached hydrogens (tertiary/aromatic N) is 4. The van der Waals surface area contributed by atoms with Crippen LogP contribution in [0.1, 0.15) is 31.1 Å². The van der Waals surface area contributed by atoms with E-state index in [2.05, 4.69) is 40.2 Å². The molecule has 0 fully saturated rings. The van der Waals surface area contributed by atoms with Crippen LogP contribution >= 0.6 is 11.6 Å². The van der Waals surface area contributed by atoms with E-state index in [1.165, 1.54) is 5.56 Å². The van der Waals surface area contributed by atoms with Gasteiger partial charge in [-0.05, 0) is 37.1 Å². The Morgan fingerprint density at radius 3 is 1.56 bits per heavy atom. The summed E-state index contributed by atoms with van der Waals surface area (Å²) < 4.78 is 75.0. The van der Waals surface area contributed by atoms with Crippen molar-refractivity contribution in [3.63, 3.8) is 0 Å². The number of aromatic hydroxyl groups is 1. The summed E-state index contributed by atoms with van der Waals surface area (Å²) in [4.78, 5) is 11.2. The third-order valence-electron chi connectivity index (χ3n) is 7.57. The van der Waals surface area contributed by atoms with E-state index in [0.717, 1.165) is 45.3 Å². The average molecular weight is 965 g/mol. The molecule has 2 heterocycles. The number of benzene rings is 4. The van der Waals surface area contributed by atoms with Gasteiger partial charge in [0.25, 0.3) is 6.47 Å². The predicted molar refractivity (Wildman–Crippen MR) is 218 cm³/mol. The van der Waals surface area contributed by atoms with Gasteiger partial charge in [0.05, 0.1) is 25.6 Å². The number of nitrogens with one attached hydrogen (secondary N) is 2. The van der Waals surface area contributed by atoms with Crippen LogP contribution in [0.15, 0.2) is 109 Å². The van der Waals surface area contributed by atoms with Gasteiger partial charge in [0, 0.05) is 49.8 Å². The molecule has 0 saturated carbocycles. The van der Waals surface area contributed by atoms with Crippen LogP contribution in [0.2, 0.25) is 0 Å². The maximum atomic E-state index is 10.7. The Hall–Kier alpha value is -2.63. The molecule has 62 heavy (non-hydrogen) atoms. The van der Waals surface area contributed by atoms with Crippen molar-refractivity contribution in [2.75, 3.05) is 41.0 Å². The second-order valence-corrected chi connectivity index (χ2v) is 13.4. The molecule has 0 amide bonds. The molecule has 0 bridgehead atoms. The molecule has 332 valence electrons. The Labute approximate surface area is 452 Å². The second kappa shape index (κ2) is 31.3. The smallest absolute Gasteiger partial charge is 1.00 e. The molecular weight excluding hydrogens is 915 g/mol. The summed E-state index contributed by atoms with van der Waals surface area (Å²) in [5.74, 6) is 2.57. The summed E-state index contributed by atoms with van der Waals surface area (Å²) >= 11 is 5.72. The Balaban J connectivity index is -0.000000779. The van der Waals surface area contributed by atoms with Crippen molar-refractivity contribution in [2.45, 2.75) is 26.8 Å². The molecule has 6 rings (SSSR count). The largest absolute Gasteiger partial charge is 1.00 e. The van der Waals surface area contributed by atoms with Gasteiger partial charge in [0.1, 0.15) is 29.0 Å². The topological polar surface area (TPSA) is 191 Å². The van der Waals surface area contributed by atoms with E-state index in [1.54, 1.807) is 26.4 Å². The molecule has 0 spiro atoms. The van der Waals surface area contributed by atoms with Crippen molar-refractivity contribution in [3.8, 4) is 23.0 Å². The molecule has 2 aliphatic rings. The van der Waals surface area contributed by atoms with Crippen molar-refractivity contribution < 1.29 is 165 Å². The Bertz CT molecular complexity index is 2090. The maximum Gasteiger partial charge on any atom is 1.00 e. The Morgan fingerprint density at radius 2 is 1.19 bits per heavy atom. The maximum absolute atomic E-state index is 10.7. The van der Waals surface area contributed by atoms with E-state index in [1.807, 2.05) is 121 Å². The molecule has 0 aliphatic carbocycles. The van der Waals surface area contributed by atoms with Gasteiger partial charge in [-0.15, -0.1) is 22.7 Å². The predicted octanol–water partition coefficient (Wildman–Crippen LogP) is -0.194. The number of hydrazine groups is 4. The van der Waals surface area contributed by atoms with Gasteiger partial charge in [-0.3, -0.25) is 24.8 Å². The van der Waals surface area contributed by atoms with Gasteiger partial charge >= 0.3 is 108 Å². The van der Waals surface area contributed by atoms with E-state index >= 15 is 0 Å². The third kappa shape index (κ3) is 21.4. The zero-order chi connectivity index (χ0) is 44.2. The number of methoxy groups -OCH3 is 2. The van der Waals surface area contributed by atoms with Crippen molar-refractivity contribution in [3.05, 3.63) is 132 Å². The van der Waals surface area contributed by atoms with Gasteiger partial charge in [-0.25, -0.2) is 8.42 Å². The van der Waals surface area contributed by atoms with Crippen LogP contribution in [0.3, 0.4) is 0 Å². The Kier molecular flexibility index (Phi) is 31.0. The van der Waals surface area contributed by atoms with Crippen LogP contribution in [-0.2, 0) is 19.8 Å². The zero-order valence-corrected chi connectivity index (χ0v) is 42.5. The number of rotatable bonds is 9. The number of aryl methyl sites for hydroxylation is 2. The number of phenols is 1. The molecule has 4 aromatic carbocycles. The normalized spacial score (nSPS) is 12.5. The molecule has 4 aromatic rings. The summed E-state index contributed by atoms with van der Waals surface area (Å²) in [6.07, 6.45) is 4.02. The van der Waals surface area contributed by atoms with Gasteiger partial charge in [0.15, 0.2) is 16.8 Å². The fourth-order valence-corrected chi connectivity index (χ4v) is 4.87. The summed E-state index contributed by atoms with van der Waals surface area (Å²) in [6, 6.07) is 31.7. The number of hydrogen-bond donors (Lipinski definition) is 3. The van der Waals surface area contributed by atoms with Gasteiger partial charge in [0.2, 0.25) is 0 Å². The Morgan fingerprint density at radius 1 is 0.790 bits per heavy atom. The zero-order valence-electron chi connectivity index (χ0n) is 35.7. The molecule has 0 atom stereocenters. The molecule has 23 heteroatoms. The van der Waals surface area contributed by atoms with Crippen LogP contribution < -0.4 is 133 Å². The SMILES string of the molecule is C.CN1NN(CCl)C=C1c1ccccc1.COc1cc(O)ccc1C.COc1cc(OCN2C=C(c3ccccc3)N(C)N2)ccc1C.O=CO[O-].O=S(=O)([O-])C(F)(F)F.[H-].[K+].[K+]. The monoisotopic (exact) mass is 963 g/mol. The van der Waals surface area contributed by atoms with Gasteiger partial charge < -0.3 is 35.4 Å². The van der Waals surface area contributed by atoms with Crippen molar-refractivity contribution in [2.24, 2.45) is 0 Å². The standard InChI is InChI=1S/C18H21N3O2.C10H12ClN3.C8H10O2.CHF3O3S.CH2O3.CH4.2K.H/c1-14-9-10-16(11-18(14)22-3)23-13-21-12-17(20(2)19-21)15-7-5-4-6-8-15;1-13-10(7-14(8-11)12-13)9-5-3-2-4-6-9;1-6-3-4-7(9)5-8(6)10-2;2-1(3,4)8(5,6)7;2-1-4-3;;;;/h4-12,19H,13H2,1-3H3;2-7,12H,8H2,1H3;3-5,9H,1-2H3;(H,5,6,7);1,3H;1H4;;;/q;;;;;;2*+1;-1/p-2. The molecule has 2 aliphatic heterocycles. The first kappa shape index (κ1) is 61.5. The van der Waals surface area contributed by atoms with Crippen LogP contribution in [0.25, 0.3) is 11.4 Å². The molecule has 3 N–H and O–H groups in total. The average Bonchev–Trinajstić information content (AvgIpc) is 3.80. The molecular formula is C39H49ClF3K2N6O10S-. The fraction of sp³-hybridized carbons (Fsp3) is 0.256. The second-order valence-electron chi connectivity index (χ2n) is 11.8. The van der Waals surface area contributed by atoms with Crippen LogP contribution in [0, 0.1) is 13.8 Å². The molecule has 0 unspecified atom stereocenters. The van der Waals surface area contributed by atoms with Crippen LogP contribution in [0.5, 0.6) is 23.0 Å². The molecule has 0 radical (unpaired) electrons. The van der Waals surface area contributed by atoms with E-state index in [9.17, 15) is 13.2 Å². The van der Waals surface area contributed by atoms with Gasteiger partial charge in [-0.2, -0.15) is 13.2 Å². The van der Waals surface area contributed by atoms with E-state index in [0.29, 0.717) is 12.7 Å². The minimum atomic E-state index is -6.09. The number of ether oxygens (including phenoxy) is 3. The molecule has 0 aromatic heterocycles. The number of halogens is 4. The molecule has 16 nitrogen and oxygen atoms in total. The number of carbonyl (C=O) groups is 1. The molecule has 0 saturated heterocycles. The van der Waals surface area contributed by atoms with E-state index in [-0.39, 0.29) is 124 Å². The summed E-state index contributed by atoms with van der Waals surface area (Å²) in [5.41, 5.74) is 7.34. The number of hydrogen-bond acceptors (Lipinski definition) is 16. The van der Waals surface area contributed by atoms with Crippen molar-refractivity contribution in [1.82, 2.24) is 31.1 Å². The summed E-state index contributed by atoms with van der Waals surface area (Å²) in [5, 5.41) is 25.0. The fourth-order valence-electron chi connectivity index (χ4n) is 4.74.